The van der Waals surface area contributed by atoms with Crippen molar-refractivity contribution in [3.8, 4) is 0 Å². The number of carboxylic acid groups (broad SMARTS) is 1. The van der Waals surface area contributed by atoms with E-state index in [9.17, 15) is 19.5 Å². The lowest BCUT2D eigenvalue weighted by atomic mass is 9.78. The minimum atomic E-state index is -0.873. The van der Waals surface area contributed by atoms with Crippen molar-refractivity contribution >= 4 is 34.2 Å². The van der Waals surface area contributed by atoms with E-state index in [-0.39, 0.29) is 23.7 Å². The number of aryl methyl sites for hydroxylation is 1. The van der Waals surface area contributed by atoms with Gasteiger partial charge in [0.05, 0.1) is 24.0 Å². The number of thiophene rings is 1. The van der Waals surface area contributed by atoms with Crippen molar-refractivity contribution in [3.63, 3.8) is 0 Å². The molecule has 1 aromatic heterocycles. The number of carbonyl (C=O) groups is 3. The van der Waals surface area contributed by atoms with Crippen molar-refractivity contribution in [1.82, 2.24) is 0 Å². The van der Waals surface area contributed by atoms with Crippen molar-refractivity contribution in [2.75, 3.05) is 11.9 Å². The van der Waals surface area contributed by atoms with Crippen molar-refractivity contribution in [2.45, 2.75) is 64.7 Å². The highest BCUT2D eigenvalue weighted by Crippen LogP contribution is 2.53. The van der Waals surface area contributed by atoms with E-state index in [1.165, 1.54) is 11.3 Å². The van der Waals surface area contributed by atoms with Crippen LogP contribution in [0.4, 0.5) is 5.00 Å². The third-order valence-corrected chi connectivity index (χ3v) is 8.05. The van der Waals surface area contributed by atoms with Crippen LogP contribution in [-0.4, -0.2) is 29.6 Å². The summed E-state index contributed by atoms with van der Waals surface area (Å²) in [6.45, 7) is 2.42. The monoisotopic (exact) mass is 419 g/mol. The Morgan fingerprint density at radius 2 is 1.86 bits per heavy atom. The van der Waals surface area contributed by atoms with Crippen LogP contribution in [0, 0.1) is 23.7 Å². The van der Waals surface area contributed by atoms with Crippen molar-refractivity contribution in [2.24, 2.45) is 23.7 Å². The Balaban J connectivity index is 1.58. The normalized spacial score (nSPS) is 27.5. The summed E-state index contributed by atoms with van der Waals surface area (Å²) in [5.41, 5.74) is 1.52. The molecule has 2 fully saturated rings. The summed E-state index contributed by atoms with van der Waals surface area (Å²) in [4.78, 5) is 38.9. The second-order valence-corrected chi connectivity index (χ2v) is 9.72. The van der Waals surface area contributed by atoms with Gasteiger partial charge in [0.2, 0.25) is 5.91 Å². The SMILES string of the molecule is CCCCOC(=O)c1c(NC(=O)[C@@H]2[C@@H]3CC[C@H](C3)[C@@H]2C(=O)O)sc2c1CCCC2. The second kappa shape index (κ2) is 8.46. The minimum Gasteiger partial charge on any atom is -0.481 e. The van der Waals surface area contributed by atoms with Gasteiger partial charge in [-0.1, -0.05) is 13.3 Å². The van der Waals surface area contributed by atoms with Crippen LogP contribution in [0.25, 0.3) is 0 Å². The van der Waals surface area contributed by atoms with Crippen LogP contribution >= 0.6 is 11.3 Å². The summed E-state index contributed by atoms with van der Waals surface area (Å²) in [6, 6.07) is 0. The Hall–Kier alpha value is -1.89. The Morgan fingerprint density at radius 3 is 2.59 bits per heavy atom. The molecule has 6 nitrogen and oxygen atoms in total. The molecule has 0 radical (unpaired) electrons. The lowest BCUT2D eigenvalue weighted by Gasteiger charge is -2.27. The van der Waals surface area contributed by atoms with E-state index in [2.05, 4.69) is 5.32 Å². The maximum Gasteiger partial charge on any atom is 0.341 e. The first kappa shape index (κ1) is 20.4. The zero-order valence-corrected chi connectivity index (χ0v) is 17.7. The number of carboxylic acids is 1. The zero-order valence-electron chi connectivity index (χ0n) is 16.9. The Kier molecular flexibility index (Phi) is 5.95. The maximum atomic E-state index is 13.1. The van der Waals surface area contributed by atoms with Gasteiger partial charge in [-0.25, -0.2) is 4.79 Å². The molecule has 158 valence electrons. The highest BCUT2D eigenvalue weighted by Gasteiger charge is 2.54. The van der Waals surface area contributed by atoms with Crippen molar-refractivity contribution < 1.29 is 24.2 Å². The third-order valence-electron chi connectivity index (χ3n) is 6.85. The summed E-state index contributed by atoms with van der Waals surface area (Å²) in [7, 11) is 0. The fourth-order valence-electron chi connectivity index (χ4n) is 5.47. The summed E-state index contributed by atoms with van der Waals surface area (Å²) < 4.78 is 5.47. The van der Waals surface area contributed by atoms with Gasteiger partial charge >= 0.3 is 11.9 Å². The van der Waals surface area contributed by atoms with E-state index < -0.39 is 17.8 Å². The number of hydrogen-bond acceptors (Lipinski definition) is 5. The number of hydrogen-bond donors (Lipinski definition) is 2. The van der Waals surface area contributed by atoms with E-state index in [0.29, 0.717) is 17.2 Å². The summed E-state index contributed by atoms with van der Waals surface area (Å²) in [6.07, 6.45) is 8.24. The number of amides is 1. The molecule has 3 aliphatic rings. The quantitative estimate of drug-likeness (QED) is 0.509. The van der Waals surface area contributed by atoms with Gasteiger partial charge in [-0.2, -0.15) is 0 Å². The highest BCUT2D eigenvalue weighted by molar-refractivity contribution is 7.17. The summed E-state index contributed by atoms with van der Waals surface area (Å²) in [5.74, 6) is -2.36. The molecule has 1 amide bonds. The number of nitrogens with one attached hydrogen (secondary N) is 1. The van der Waals surface area contributed by atoms with Gasteiger partial charge in [0.15, 0.2) is 0 Å². The first-order valence-corrected chi connectivity index (χ1v) is 11.7. The average molecular weight is 420 g/mol. The van der Waals surface area contributed by atoms with Crippen molar-refractivity contribution in [1.29, 1.82) is 0 Å². The van der Waals surface area contributed by atoms with Crippen LogP contribution in [0.15, 0.2) is 0 Å². The fourth-order valence-corrected chi connectivity index (χ4v) is 6.75. The number of unbranched alkanes of at least 4 members (excludes halogenated alkanes) is 1. The largest absolute Gasteiger partial charge is 0.481 e. The standard InChI is InChI=1S/C22H29NO5S/c1-2-3-10-28-22(27)18-14-6-4-5-7-15(14)29-20(18)23-19(24)16-12-8-9-13(11-12)17(16)21(25)26/h12-13,16-17H,2-11H2,1H3,(H,23,24)(H,25,26)/t12-,13-,16-,17+/m1/s1. The van der Waals surface area contributed by atoms with Crippen LogP contribution in [0.5, 0.6) is 0 Å². The lowest BCUT2D eigenvalue weighted by Crippen LogP contribution is -2.38. The van der Waals surface area contributed by atoms with Gasteiger partial charge in [0, 0.05) is 4.88 Å². The molecule has 0 aliphatic heterocycles. The first-order chi connectivity index (χ1) is 14.0. The summed E-state index contributed by atoms with van der Waals surface area (Å²) in [5, 5.41) is 13.2. The van der Waals surface area contributed by atoms with E-state index in [4.69, 9.17) is 4.74 Å². The first-order valence-electron chi connectivity index (χ1n) is 10.9. The van der Waals surface area contributed by atoms with Gasteiger partial charge < -0.3 is 15.2 Å². The third kappa shape index (κ3) is 3.81. The molecular weight excluding hydrogens is 390 g/mol. The molecule has 4 atom stereocenters. The predicted octanol–water partition coefficient (Wildman–Crippen LogP) is 4.27. The van der Waals surface area contributed by atoms with E-state index >= 15 is 0 Å². The van der Waals surface area contributed by atoms with Crippen LogP contribution in [-0.2, 0) is 27.2 Å². The number of aliphatic carboxylic acids is 1. The van der Waals surface area contributed by atoms with Gasteiger partial charge in [-0.15, -0.1) is 11.3 Å². The molecule has 1 aromatic rings. The zero-order chi connectivity index (χ0) is 20.5. The topological polar surface area (TPSA) is 92.7 Å². The molecule has 4 rings (SSSR count). The lowest BCUT2D eigenvalue weighted by molar-refractivity contribution is -0.148. The minimum absolute atomic E-state index is 0.100. The molecule has 29 heavy (non-hydrogen) atoms. The average Bonchev–Trinajstić information content (AvgIpc) is 3.40. The number of rotatable bonds is 7. The Labute approximate surface area is 175 Å². The Bertz CT molecular complexity index is 816. The molecule has 2 saturated carbocycles. The Morgan fingerprint density at radius 1 is 1.14 bits per heavy atom. The maximum absolute atomic E-state index is 13.1. The number of ether oxygens (including phenoxy) is 1. The molecule has 3 aliphatic carbocycles. The van der Waals surface area contributed by atoms with Crippen LogP contribution < -0.4 is 5.32 Å². The molecule has 1 heterocycles. The number of fused-ring (bicyclic) bond motifs is 3. The van der Waals surface area contributed by atoms with Gasteiger partial charge in [-0.3, -0.25) is 9.59 Å². The molecule has 0 unspecified atom stereocenters. The number of carbonyl (C=O) groups excluding carboxylic acids is 2. The fraction of sp³-hybridized carbons (Fsp3) is 0.682. The molecule has 7 heteroatoms. The molecule has 2 N–H and O–H groups in total. The van der Waals surface area contributed by atoms with Crippen LogP contribution in [0.3, 0.4) is 0 Å². The molecule has 0 spiro atoms. The molecule has 0 saturated heterocycles. The second-order valence-electron chi connectivity index (χ2n) is 8.62. The van der Waals surface area contributed by atoms with Crippen molar-refractivity contribution in [3.05, 3.63) is 16.0 Å². The summed E-state index contributed by atoms with van der Waals surface area (Å²) >= 11 is 1.47. The predicted molar refractivity (Wildman–Crippen MR) is 110 cm³/mol. The van der Waals surface area contributed by atoms with Gasteiger partial charge in [-0.05, 0) is 68.8 Å². The highest BCUT2D eigenvalue weighted by atomic mass is 32.1. The number of esters is 1. The molecule has 0 aromatic carbocycles. The van der Waals surface area contributed by atoms with E-state index in [1.54, 1.807) is 0 Å². The van der Waals surface area contributed by atoms with Crippen LogP contribution in [0.2, 0.25) is 0 Å². The van der Waals surface area contributed by atoms with E-state index in [0.717, 1.165) is 68.2 Å². The van der Waals surface area contributed by atoms with Gasteiger partial charge in [0.1, 0.15) is 5.00 Å². The molecule has 2 bridgehead atoms. The van der Waals surface area contributed by atoms with E-state index in [1.807, 2.05) is 6.92 Å². The van der Waals surface area contributed by atoms with Gasteiger partial charge in [0.25, 0.3) is 0 Å². The van der Waals surface area contributed by atoms with Crippen LogP contribution in [0.1, 0.15) is 72.7 Å². The number of anilines is 1. The molecular formula is C22H29NO5S. The smallest absolute Gasteiger partial charge is 0.341 e.